The fourth-order valence-electron chi connectivity index (χ4n) is 3.40. The third-order valence-corrected chi connectivity index (χ3v) is 6.25. The van der Waals surface area contributed by atoms with E-state index in [1.54, 1.807) is 0 Å². The van der Waals surface area contributed by atoms with Crippen LogP contribution in [-0.4, -0.2) is 11.8 Å². The molecule has 3 rings (SSSR count). The van der Waals surface area contributed by atoms with Crippen LogP contribution in [0.1, 0.15) is 44.7 Å². The van der Waals surface area contributed by atoms with Crippen molar-refractivity contribution in [3.05, 3.63) is 28.8 Å². The van der Waals surface area contributed by atoms with Gasteiger partial charge in [-0.3, -0.25) is 0 Å². The highest BCUT2D eigenvalue weighted by Gasteiger charge is 2.32. The third kappa shape index (κ3) is 2.81. The van der Waals surface area contributed by atoms with Crippen molar-refractivity contribution < 1.29 is 0 Å². The Hall–Kier alpha value is -0.180. The fraction of sp³-hybridized carbons (Fsp3) is 0.625. The molecule has 1 N–H and O–H groups in total. The van der Waals surface area contributed by atoms with Crippen molar-refractivity contribution in [3.63, 3.8) is 0 Å². The average Bonchev–Trinajstić information content (AvgIpc) is 2.71. The quantitative estimate of drug-likeness (QED) is 0.833. The number of halogens is 1. The zero-order chi connectivity index (χ0) is 13.4. The Labute approximate surface area is 125 Å². The number of hydrogen-bond acceptors (Lipinski definition) is 2. The maximum atomic E-state index is 6.17. The van der Waals surface area contributed by atoms with Crippen LogP contribution in [0.25, 0.3) is 0 Å². The molecule has 104 valence electrons. The van der Waals surface area contributed by atoms with Crippen LogP contribution in [0.4, 0.5) is 0 Å². The summed E-state index contributed by atoms with van der Waals surface area (Å²) in [6.45, 7) is 4.78. The van der Waals surface area contributed by atoms with E-state index in [-0.39, 0.29) is 0 Å². The Bertz CT molecular complexity index is 462. The molecule has 1 aliphatic carbocycles. The largest absolute Gasteiger partial charge is 0.307 e. The molecule has 1 saturated carbocycles. The van der Waals surface area contributed by atoms with Crippen molar-refractivity contribution in [2.45, 2.75) is 50.1 Å². The lowest BCUT2D eigenvalue weighted by atomic mass is 9.95. The maximum Gasteiger partial charge on any atom is 0.0410 e. The first-order valence-electron chi connectivity index (χ1n) is 7.33. The molecule has 3 heteroatoms. The molecule has 0 amide bonds. The summed E-state index contributed by atoms with van der Waals surface area (Å²) in [6.07, 6.45) is 3.90. The van der Waals surface area contributed by atoms with Gasteiger partial charge in [-0.1, -0.05) is 25.4 Å². The summed E-state index contributed by atoms with van der Waals surface area (Å²) < 4.78 is 0. The zero-order valence-corrected chi connectivity index (χ0v) is 13.2. The minimum atomic E-state index is 0.493. The third-order valence-electron chi connectivity index (χ3n) is 4.89. The van der Waals surface area contributed by atoms with E-state index in [0.717, 1.165) is 16.9 Å². The molecule has 1 aliphatic heterocycles. The molecule has 0 bridgehead atoms. The second-order valence-corrected chi connectivity index (χ2v) is 7.63. The van der Waals surface area contributed by atoms with Gasteiger partial charge in [0.2, 0.25) is 0 Å². The first-order chi connectivity index (χ1) is 9.15. The normalized spacial score (nSPS) is 34.3. The molecular weight excluding hydrogens is 274 g/mol. The second kappa shape index (κ2) is 5.67. The molecule has 0 radical (unpaired) electrons. The molecule has 4 atom stereocenters. The Morgan fingerprint density at radius 2 is 2.05 bits per heavy atom. The van der Waals surface area contributed by atoms with E-state index in [4.69, 9.17) is 11.6 Å². The highest BCUT2D eigenvalue weighted by Crippen LogP contribution is 2.40. The molecule has 0 aromatic heterocycles. The average molecular weight is 296 g/mol. The minimum Gasteiger partial charge on any atom is -0.307 e. The summed E-state index contributed by atoms with van der Waals surface area (Å²) in [6, 6.07) is 7.51. The van der Waals surface area contributed by atoms with Gasteiger partial charge in [-0.15, -0.1) is 11.8 Å². The molecule has 1 aromatic carbocycles. The van der Waals surface area contributed by atoms with Crippen LogP contribution in [0.5, 0.6) is 0 Å². The van der Waals surface area contributed by atoms with Gasteiger partial charge in [-0.2, -0.15) is 0 Å². The minimum absolute atomic E-state index is 0.493. The SMILES string of the molecule is CC1CCC(NC2CCSc3ccc(Cl)cc32)C1C. The topological polar surface area (TPSA) is 12.0 Å². The fourth-order valence-corrected chi connectivity index (χ4v) is 4.68. The molecule has 0 spiro atoms. The summed E-state index contributed by atoms with van der Waals surface area (Å²) in [4.78, 5) is 1.41. The summed E-state index contributed by atoms with van der Waals surface area (Å²) >= 11 is 8.14. The Morgan fingerprint density at radius 3 is 2.79 bits per heavy atom. The highest BCUT2D eigenvalue weighted by atomic mass is 35.5. The van der Waals surface area contributed by atoms with Gasteiger partial charge >= 0.3 is 0 Å². The molecule has 1 nitrogen and oxygen atoms in total. The van der Waals surface area contributed by atoms with Crippen LogP contribution in [0.3, 0.4) is 0 Å². The number of fused-ring (bicyclic) bond motifs is 1. The van der Waals surface area contributed by atoms with E-state index in [1.165, 1.54) is 35.5 Å². The predicted molar refractivity (Wildman–Crippen MR) is 84.0 cm³/mol. The predicted octanol–water partition coefficient (Wildman–Crippen LogP) is 4.90. The van der Waals surface area contributed by atoms with Gasteiger partial charge in [0, 0.05) is 22.0 Å². The van der Waals surface area contributed by atoms with Crippen molar-refractivity contribution in [1.29, 1.82) is 0 Å². The zero-order valence-electron chi connectivity index (χ0n) is 11.7. The molecule has 4 unspecified atom stereocenters. The first kappa shape index (κ1) is 13.8. The standard InChI is InChI=1S/C16H22ClNS/c1-10-3-5-14(11(10)2)18-15-7-8-19-16-6-4-12(17)9-13(15)16/h4,6,9-11,14-15,18H,3,5,7-8H2,1-2H3. The Balaban J connectivity index is 1.78. The number of rotatable bonds is 2. The van der Waals surface area contributed by atoms with E-state index < -0.39 is 0 Å². The van der Waals surface area contributed by atoms with E-state index in [1.807, 2.05) is 17.8 Å². The van der Waals surface area contributed by atoms with Crippen molar-refractivity contribution >= 4 is 23.4 Å². The van der Waals surface area contributed by atoms with Gasteiger partial charge in [0.15, 0.2) is 0 Å². The van der Waals surface area contributed by atoms with Crippen LogP contribution in [0.2, 0.25) is 5.02 Å². The number of benzene rings is 1. The summed E-state index contributed by atoms with van der Waals surface area (Å²) in [7, 11) is 0. The summed E-state index contributed by atoms with van der Waals surface area (Å²) in [5.74, 6) is 2.86. The van der Waals surface area contributed by atoms with E-state index in [9.17, 15) is 0 Å². The van der Waals surface area contributed by atoms with Crippen molar-refractivity contribution in [3.8, 4) is 0 Å². The van der Waals surface area contributed by atoms with Gasteiger partial charge in [0.05, 0.1) is 0 Å². The molecule has 1 heterocycles. The van der Waals surface area contributed by atoms with Crippen LogP contribution < -0.4 is 5.32 Å². The summed E-state index contributed by atoms with van der Waals surface area (Å²) in [5, 5.41) is 4.77. The second-order valence-electron chi connectivity index (χ2n) is 6.06. The van der Waals surface area contributed by atoms with Gasteiger partial charge in [0.1, 0.15) is 0 Å². The molecule has 19 heavy (non-hydrogen) atoms. The lowest BCUT2D eigenvalue weighted by Crippen LogP contribution is -2.36. The van der Waals surface area contributed by atoms with Crippen LogP contribution in [0.15, 0.2) is 23.1 Å². The molecule has 1 fully saturated rings. The highest BCUT2D eigenvalue weighted by molar-refractivity contribution is 7.99. The molecule has 1 aromatic rings. The first-order valence-corrected chi connectivity index (χ1v) is 8.70. The van der Waals surface area contributed by atoms with Crippen LogP contribution in [-0.2, 0) is 0 Å². The summed E-state index contributed by atoms with van der Waals surface area (Å²) in [5.41, 5.74) is 1.41. The van der Waals surface area contributed by atoms with Crippen LogP contribution in [0, 0.1) is 11.8 Å². The van der Waals surface area contributed by atoms with Crippen molar-refractivity contribution in [2.24, 2.45) is 11.8 Å². The number of hydrogen-bond donors (Lipinski definition) is 1. The smallest absolute Gasteiger partial charge is 0.0410 e. The van der Waals surface area contributed by atoms with E-state index in [0.29, 0.717) is 12.1 Å². The van der Waals surface area contributed by atoms with Crippen molar-refractivity contribution in [1.82, 2.24) is 5.32 Å². The Kier molecular flexibility index (Phi) is 4.11. The number of thioether (sulfide) groups is 1. The van der Waals surface area contributed by atoms with Gasteiger partial charge < -0.3 is 5.32 Å². The van der Waals surface area contributed by atoms with Crippen LogP contribution >= 0.6 is 23.4 Å². The number of nitrogens with one attached hydrogen (secondary N) is 1. The maximum absolute atomic E-state index is 6.17. The lowest BCUT2D eigenvalue weighted by molar-refractivity contribution is 0.333. The monoisotopic (exact) mass is 295 g/mol. The Morgan fingerprint density at radius 1 is 1.21 bits per heavy atom. The lowest BCUT2D eigenvalue weighted by Gasteiger charge is -2.31. The van der Waals surface area contributed by atoms with Gasteiger partial charge in [0.25, 0.3) is 0 Å². The molecule has 0 saturated heterocycles. The molecular formula is C16H22ClNS. The van der Waals surface area contributed by atoms with Crippen molar-refractivity contribution in [2.75, 3.05) is 5.75 Å². The van der Waals surface area contributed by atoms with E-state index >= 15 is 0 Å². The van der Waals surface area contributed by atoms with E-state index in [2.05, 4.69) is 31.3 Å². The molecule has 2 aliphatic rings. The van der Waals surface area contributed by atoms with Gasteiger partial charge in [-0.25, -0.2) is 0 Å². The van der Waals surface area contributed by atoms with Gasteiger partial charge in [-0.05, 0) is 60.6 Å².